The first kappa shape index (κ1) is 35.5. The van der Waals surface area contributed by atoms with Gasteiger partial charge in [0.2, 0.25) is 19.6 Å². The molecule has 0 aliphatic rings. The zero-order chi connectivity index (χ0) is 32.8. The van der Waals surface area contributed by atoms with Crippen LogP contribution in [0.4, 0.5) is 0 Å². The number of amides is 2. The second kappa shape index (κ2) is 17.5. The lowest BCUT2D eigenvalue weighted by molar-refractivity contribution is -0.308. The minimum Gasteiger partial charge on any atom is -0.766 e. The molecule has 242 valence electrons. The monoisotopic (exact) mass is 637 g/mol. The Bertz CT molecular complexity index is 1420. The molecule has 0 saturated heterocycles. The zero-order valence-electron chi connectivity index (χ0n) is 25.6. The standard InChI is InChI=1S/C33H42N3O8P/c1-4-23(3)30(36-45(41,42)44-5-2)32(38)34-28(31(37)35-29(33(39)40)21-24-12-8-6-9-13-24)20-25-16-18-27(19-17-25)43-22-26-14-10-7-11-15-26/h6-19,23,28-30H,4-5,20-22H2,1-3H3,(H,34,38)(H,35,37)(H,39,40)(H2,36,41,42)/p-2/t23-,28?,29?,30-/m0/s1. The van der Waals surface area contributed by atoms with Crippen LogP contribution >= 0.6 is 7.75 Å². The SMILES string of the molecule is CCOP(=O)([O-])N[C@H](C(=O)NC(Cc1ccc(OCc2ccccc2)cc1)C(=O)NC(Cc1ccccc1)C(=O)[O-])[C@@H](C)CC. The Morgan fingerprint density at radius 1 is 0.778 bits per heavy atom. The van der Waals surface area contributed by atoms with Crippen molar-refractivity contribution in [3.05, 3.63) is 102 Å². The lowest BCUT2D eigenvalue weighted by Crippen LogP contribution is -2.58. The summed E-state index contributed by atoms with van der Waals surface area (Å²) in [4.78, 5) is 51.4. The first-order valence-corrected chi connectivity index (χ1v) is 16.4. The van der Waals surface area contributed by atoms with E-state index in [9.17, 15) is 28.9 Å². The minimum absolute atomic E-state index is 0.0185. The third kappa shape index (κ3) is 11.8. The summed E-state index contributed by atoms with van der Waals surface area (Å²) < 4.78 is 23.0. The third-order valence-electron chi connectivity index (χ3n) is 7.22. The Labute approximate surface area is 263 Å². The molecule has 0 fully saturated rings. The highest BCUT2D eigenvalue weighted by Crippen LogP contribution is 2.33. The molecule has 3 unspecified atom stereocenters. The Morgan fingerprint density at radius 3 is 1.87 bits per heavy atom. The molecule has 0 radical (unpaired) electrons. The summed E-state index contributed by atoms with van der Waals surface area (Å²) in [6, 6.07) is 21.4. The van der Waals surface area contributed by atoms with E-state index < -0.39 is 49.6 Å². The maximum Gasteiger partial charge on any atom is 0.243 e. The van der Waals surface area contributed by atoms with Gasteiger partial charge in [-0.3, -0.25) is 14.2 Å². The van der Waals surface area contributed by atoms with Crippen LogP contribution in [0.25, 0.3) is 0 Å². The second-order valence-electron chi connectivity index (χ2n) is 10.7. The molecule has 0 bridgehead atoms. The summed E-state index contributed by atoms with van der Waals surface area (Å²) in [5, 5.41) is 19.4. The summed E-state index contributed by atoms with van der Waals surface area (Å²) >= 11 is 0. The Hall–Kier alpha value is -4.02. The number of aliphatic carboxylic acids is 1. The molecule has 3 aromatic rings. The number of hydrogen-bond acceptors (Lipinski definition) is 8. The van der Waals surface area contributed by atoms with E-state index in [1.165, 1.54) is 6.92 Å². The van der Waals surface area contributed by atoms with Gasteiger partial charge in [-0.15, -0.1) is 0 Å². The number of nitrogens with one attached hydrogen (secondary N) is 3. The van der Waals surface area contributed by atoms with Crippen LogP contribution in [0, 0.1) is 5.92 Å². The fourth-order valence-electron chi connectivity index (χ4n) is 4.54. The smallest absolute Gasteiger partial charge is 0.243 e. The van der Waals surface area contributed by atoms with E-state index in [4.69, 9.17) is 9.26 Å². The van der Waals surface area contributed by atoms with Gasteiger partial charge in [0.05, 0.1) is 24.7 Å². The Kier molecular flexibility index (Phi) is 13.8. The maximum absolute atomic E-state index is 13.6. The van der Waals surface area contributed by atoms with Crippen LogP contribution in [0.1, 0.15) is 43.9 Å². The minimum atomic E-state index is -4.57. The molecule has 11 nitrogen and oxygen atoms in total. The molecule has 3 N–H and O–H groups in total. The molecule has 0 saturated carbocycles. The van der Waals surface area contributed by atoms with Gasteiger partial charge < -0.3 is 34.7 Å². The van der Waals surface area contributed by atoms with Gasteiger partial charge in [0.1, 0.15) is 18.4 Å². The van der Waals surface area contributed by atoms with Crippen LogP contribution in [0.3, 0.4) is 0 Å². The van der Waals surface area contributed by atoms with Gasteiger partial charge in [-0.1, -0.05) is 93.1 Å². The van der Waals surface area contributed by atoms with Gasteiger partial charge >= 0.3 is 0 Å². The molecule has 5 atom stereocenters. The molecule has 12 heteroatoms. The van der Waals surface area contributed by atoms with E-state index in [-0.39, 0.29) is 19.4 Å². The molecule has 0 heterocycles. The van der Waals surface area contributed by atoms with Crippen LogP contribution in [-0.4, -0.2) is 42.5 Å². The summed E-state index contributed by atoms with van der Waals surface area (Å²) in [5.74, 6) is -2.87. The first-order chi connectivity index (χ1) is 21.5. The highest BCUT2D eigenvalue weighted by molar-refractivity contribution is 7.49. The average molecular weight is 638 g/mol. The van der Waals surface area contributed by atoms with Crippen molar-refractivity contribution in [1.29, 1.82) is 0 Å². The lowest BCUT2D eigenvalue weighted by Gasteiger charge is -2.32. The van der Waals surface area contributed by atoms with Crippen LogP contribution in [0.5, 0.6) is 5.75 Å². The number of carbonyl (C=O) groups excluding carboxylic acids is 3. The fraction of sp³-hybridized carbons (Fsp3) is 0.364. The summed E-state index contributed by atoms with van der Waals surface area (Å²) in [6.45, 7) is 5.24. The molecule has 0 spiro atoms. The number of benzene rings is 3. The van der Waals surface area contributed by atoms with E-state index >= 15 is 0 Å². The van der Waals surface area contributed by atoms with Gasteiger partial charge in [0, 0.05) is 6.42 Å². The molecule has 0 aromatic heterocycles. The van der Waals surface area contributed by atoms with Crippen molar-refractivity contribution in [2.75, 3.05) is 6.61 Å². The predicted molar refractivity (Wildman–Crippen MR) is 166 cm³/mol. The van der Waals surface area contributed by atoms with Gasteiger partial charge in [-0.05, 0) is 48.1 Å². The summed E-state index contributed by atoms with van der Waals surface area (Å²) in [6.07, 6.45) is 0.394. The van der Waals surface area contributed by atoms with Crippen molar-refractivity contribution in [3.8, 4) is 5.75 Å². The van der Waals surface area contributed by atoms with Crippen LogP contribution in [0.2, 0.25) is 0 Å². The van der Waals surface area contributed by atoms with Crippen molar-refractivity contribution >= 4 is 25.5 Å². The number of carboxylic acid groups (broad SMARTS) is 1. The number of hydrogen-bond donors (Lipinski definition) is 3. The number of carboxylic acids is 1. The molecule has 2 amide bonds. The molecule has 0 aliphatic carbocycles. The zero-order valence-corrected chi connectivity index (χ0v) is 26.5. The molecule has 0 aliphatic heterocycles. The van der Waals surface area contributed by atoms with E-state index in [1.54, 1.807) is 68.4 Å². The maximum atomic E-state index is 13.6. The quantitative estimate of drug-likeness (QED) is 0.177. The first-order valence-electron chi connectivity index (χ1n) is 14.9. The van der Waals surface area contributed by atoms with E-state index in [2.05, 4.69) is 15.7 Å². The second-order valence-corrected chi connectivity index (χ2v) is 12.2. The van der Waals surface area contributed by atoms with Gasteiger partial charge in [-0.2, -0.15) is 0 Å². The number of carbonyl (C=O) groups is 3. The number of rotatable bonds is 18. The Morgan fingerprint density at radius 2 is 1.31 bits per heavy atom. The Balaban J connectivity index is 1.82. The third-order valence-corrected chi connectivity index (χ3v) is 8.41. The highest BCUT2D eigenvalue weighted by Gasteiger charge is 2.32. The lowest BCUT2D eigenvalue weighted by atomic mass is 9.98. The average Bonchev–Trinajstić information content (AvgIpc) is 3.03. The molecular formula is C33H40N3O8P-2. The highest BCUT2D eigenvalue weighted by atomic mass is 31.2. The normalized spacial score (nSPS) is 15.1. The predicted octanol–water partition coefficient (Wildman–Crippen LogP) is 2.28. The topological polar surface area (TPSA) is 169 Å². The van der Waals surface area contributed by atoms with Crippen molar-refractivity contribution in [2.45, 2.75) is 64.8 Å². The van der Waals surface area contributed by atoms with Gasteiger partial charge in [-0.25, -0.2) is 5.09 Å². The fourth-order valence-corrected chi connectivity index (χ4v) is 5.67. The van der Waals surface area contributed by atoms with Crippen molar-refractivity contribution in [2.24, 2.45) is 5.92 Å². The molecular weight excluding hydrogens is 597 g/mol. The van der Waals surface area contributed by atoms with Crippen molar-refractivity contribution < 1.29 is 38.2 Å². The van der Waals surface area contributed by atoms with E-state index in [0.717, 1.165) is 5.56 Å². The molecule has 45 heavy (non-hydrogen) atoms. The summed E-state index contributed by atoms with van der Waals surface area (Å²) in [5.41, 5.74) is 2.31. The van der Waals surface area contributed by atoms with E-state index in [1.807, 2.05) is 30.3 Å². The van der Waals surface area contributed by atoms with Crippen LogP contribution in [-0.2, 0) is 42.9 Å². The molecule has 3 aromatic carbocycles. The van der Waals surface area contributed by atoms with Gasteiger partial charge in [0.15, 0.2) is 0 Å². The number of ether oxygens (including phenoxy) is 1. The van der Waals surface area contributed by atoms with Gasteiger partial charge in [0.25, 0.3) is 0 Å². The van der Waals surface area contributed by atoms with Crippen molar-refractivity contribution in [3.63, 3.8) is 0 Å². The summed E-state index contributed by atoms with van der Waals surface area (Å²) in [7, 11) is -4.57. The largest absolute Gasteiger partial charge is 0.766 e. The molecule has 3 rings (SSSR count). The van der Waals surface area contributed by atoms with E-state index in [0.29, 0.717) is 29.9 Å². The van der Waals surface area contributed by atoms with Crippen molar-refractivity contribution in [1.82, 2.24) is 15.7 Å². The van der Waals surface area contributed by atoms with Crippen LogP contribution < -0.4 is 30.5 Å². The van der Waals surface area contributed by atoms with Crippen LogP contribution in [0.15, 0.2) is 84.9 Å².